The van der Waals surface area contributed by atoms with Crippen molar-refractivity contribution in [1.82, 2.24) is 0 Å². The summed E-state index contributed by atoms with van der Waals surface area (Å²) in [5.74, 6) is 0. The summed E-state index contributed by atoms with van der Waals surface area (Å²) in [5.41, 5.74) is 4.74. The second-order valence-electron chi connectivity index (χ2n) is 5.74. The molecule has 122 valence electrons. The van der Waals surface area contributed by atoms with Crippen LogP contribution in [0, 0.1) is 22.7 Å². The zero-order valence-corrected chi connectivity index (χ0v) is 14.1. The molecule has 0 saturated heterocycles. The van der Waals surface area contributed by atoms with Gasteiger partial charge in [-0.2, -0.15) is 10.5 Å². The molecular formula is C24H16N2. The van der Waals surface area contributed by atoms with Gasteiger partial charge in [-0.15, -0.1) is 0 Å². The summed E-state index contributed by atoms with van der Waals surface area (Å²) in [7, 11) is 0. The fraction of sp³-hybridized carbons (Fsp3) is 0. The predicted octanol–water partition coefficient (Wildman–Crippen LogP) is 5.77. The van der Waals surface area contributed by atoms with Gasteiger partial charge in [0.1, 0.15) is 0 Å². The summed E-state index contributed by atoms with van der Waals surface area (Å²) in [5, 5.41) is 18.8. The lowest BCUT2D eigenvalue weighted by molar-refractivity contribution is 1.43. The Morgan fingerprint density at radius 3 is 1.73 bits per heavy atom. The molecule has 2 heteroatoms. The maximum Gasteiger partial charge on any atom is 0.0998 e. The highest BCUT2D eigenvalue weighted by atomic mass is 14.3. The third-order valence-corrected chi connectivity index (χ3v) is 3.96. The minimum atomic E-state index is 0.478. The lowest BCUT2D eigenvalue weighted by atomic mass is 9.96. The molecule has 0 bridgehead atoms. The third-order valence-electron chi connectivity index (χ3n) is 3.96. The molecule has 0 atom stereocenters. The van der Waals surface area contributed by atoms with E-state index in [1.807, 2.05) is 91.0 Å². The molecule has 0 aliphatic heterocycles. The van der Waals surface area contributed by atoms with Gasteiger partial charge in [0.05, 0.1) is 23.3 Å². The summed E-state index contributed by atoms with van der Waals surface area (Å²) in [6.07, 6.45) is 7.83. The number of rotatable bonds is 4. The molecule has 3 aromatic rings. The molecule has 0 fully saturated rings. The van der Waals surface area contributed by atoms with Crippen LogP contribution in [0.25, 0.3) is 24.3 Å². The minimum Gasteiger partial charge on any atom is -0.192 e. The number of benzene rings is 3. The van der Waals surface area contributed by atoms with Gasteiger partial charge in [0.25, 0.3) is 0 Å². The highest BCUT2D eigenvalue weighted by Crippen LogP contribution is 2.22. The SMILES string of the molecule is N#Cc1cc(C#N)c(/C=C/c2ccccc2)c(/C=C/c2ccccc2)c1. The van der Waals surface area contributed by atoms with Crippen molar-refractivity contribution >= 4 is 24.3 Å². The van der Waals surface area contributed by atoms with Gasteiger partial charge in [0.15, 0.2) is 0 Å². The molecule has 2 nitrogen and oxygen atoms in total. The molecule has 0 heterocycles. The van der Waals surface area contributed by atoms with Crippen molar-refractivity contribution in [1.29, 1.82) is 10.5 Å². The van der Waals surface area contributed by atoms with Gasteiger partial charge >= 0.3 is 0 Å². The first-order valence-corrected chi connectivity index (χ1v) is 8.24. The maximum absolute atomic E-state index is 9.53. The van der Waals surface area contributed by atoms with Crippen LogP contribution >= 0.6 is 0 Å². The van der Waals surface area contributed by atoms with E-state index in [-0.39, 0.29) is 0 Å². The zero-order valence-electron chi connectivity index (χ0n) is 14.1. The highest BCUT2D eigenvalue weighted by molar-refractivity contribution is 5.82. The monoisotopic (exact) mass is 332 g/mol. The predicted molar refractivity (Wildman–Crippen MR) is 107 cm³/mol. The first-order valence-electron chi connectivity index (χ1n) is 8.24. The van der Waals surface area contributed by atoms with Gasteiger partial charge < -0.3 is 0 Å². The number of nitriles is 2. The van der Waals surface area contributed by atoms with E-state index < -0.39 is 0 Å². The minimum absolute atomic E-state index is 0.478. The van der Waals surface area contributed by atoms with Gasteiger partial charge in [-0.25, -0.2) is 0 Å². The van der Waals surface area contributed by atoms with Crippen molar-refractivity contribution in [2.24, 2.45) is 0 Å². The largest absolute Gasteiger partial charge is 0.192 e. The van der Waals surface area contributed by atoms with E-state index in [0.29, 0.717) is 11.1 Å². The molecule has 0 radical (unpaired) electrons. The van der Waals surface area contributed by atoms with Gasteiger partial charge in [0.2, 0.25) is 0 Å². The fourth-order valence-electron chi connectivity index (χ4n) is 2.65. The van der Waals surface area contributed by atoms with E-state index in [0.717, 1.165) is 22.3 Å². The highest BCUT2D eigenvalue weighted by Gasteiger charge is 2.07. The van der Waals surface area contributed by atoms with Crippen LogP contribution in [0.2, 0.25) is 0 Å². The van der Waals surface area contributed by atoms with E-state index in [4.69, 9.17) is 0 Å². The Hall–Kier alpha value is -3.88. The van der Waals surface area contributed by atoms with E-state index in [9.17, 15) is 10.5 Å². The first kappa shape index (κ1) is 17.0. The first-order chi connectivity index (χ1) is 12.8. The normalized spacial score (nSPS) is 10.7. The van der Waals surface area contributed by atoms with Crippen molar-refractivity contribution in [2.45, 2.75) is 0 Å². The number of hydrogen-bond donors (Lipinski definition) is 0. The molecule has 0 aromatic heterocycles. The topological polar surface area (TPSA) is 47.6 Å². The Kier molecular flexibility index (Phi) is 5.41. The van der Waals surface area contributed by atoms with Crippen molar-refractivity contribution in [2.75, 3.05) is 0 Å². The van der Waals surface area contributed by atoms with Crippen LogP contribution in [-0.4, -0.2) is 0 Å². The molecule has 3 rings (SSSR count). The standard InChI is InChI=1S/C24H16N2/c25-17-21-15-22(13-11-19-7-3-1-4-8-19)24(23(16-21)18-26)14-12-20-9-5-2-6-10-20/h1-16H/b13-11+,14-12+. The molecule has 0 saturated carbocycles. The van der Waals surface area contributed by atoms with Crippen LogP contribution < -0.4 is 0 Å². The summed E-state index contributed by atoms with van der Waals surface area (Å²) >= 11 is 0. The van der Waals surface area contributed by atoms with Crippen LogP contribution in [0.3, 0.4) is 0 Å². The Morgan fingerprint density at radius 2 is 1.19 bits per heavy atom. The fourth-order valence-corrected chi connectivity index (χ4v) is 2.65. The summed E-state index contributed by atoms with van der Waals surface area (Å²) in [6.45, 7) is 0. The Bertz CT molecular complexity index is 1030. The molecule has 0 unspecified atom stereocenters. The van der Waals surface area contributed by atoms with Gasteiger partial charge in [0, 0.05) is 0 Å². The smallest absolute Gasteiger partial charge is 0.0998 e. The quantitative estimate of drug-likeness (QED) is 0.569. The third kappa shape index (κ3) is 4.15. The van der Waals surface area contributed by atoms with Gasteiger partial charge in [-0.3, -0.25) is 0 Å². The van der Waals surface area contributed by atoms with Crippen LogP contribution in [0.5, 0.6) is 0 Å². The van der Waals surface area contributed by atoms with Crippen molar-refractivity contribution < 1.29 is 0 Å². The van der Waals surface area contributed by atoms with Crippen LogP contribution in [0.1, 0.15) is 33.4 Å². The Balaban J connectivity index is 2.06. The molecular weight excluding hydrogens is 316 g/mol. The van der Waals surface area contributed by atoms with E-state index in [1.54, 1.807) is 6.07 Å². The molecule has 26 heavy (non-hydrogen) atoms. The molecule has 0 spiro atoms. The van der Waals surface area contributed by atoms with Crippen LogP contribution in [0.4, 0.5) is 0 Å². The lowest BCUT2D eigenvalue weighted by Crippen LogP contribution is -1.90. The Morgan fingerprint density at radius 1 is 0.615 bits per heavy atom. The van der Waals surface area contributed by atoms with E-state index >= 15 is 0 Å². The summed E-state index contributed by atoms with van der Waals surface area (Å²) in [4.78, 5) is 0. The zero-order chi connectivity index (χ0) is 18.2. The molecule has 0 aliphatic rings. The molecule has 0 aliphatic carbocycles. The van der Waals surface area contributed by atoms with E-state index in [1.165, 1.54) is 0 Å². The van der Waals surface area contributed by atoms with Crippen molar-refractivity contribution in [3.63, 3.8) is 0 Å². The molecule has 0 amide bonds. The second kappa shape index (κ2) is 8.29. The van der Waals surface area contributed by atoms with E-state index in [2.05, 4.69) is 12.1 Å². The summed E-state index contributed by atoms with van der Waals surface area (Å²) in [6, 6.07) is 27.6. The maximum atomic E-state index is 9.53. The van der Waals surface area contributed by atoms with Crippen molar-refractivity contribution in [3.8, 4) is 12.1 Å². The number of hydrogen-bond acceptors (Lipinski definition) is 2. The molecule has 0 N–H and O–H groups in total. The Labute approximate surface area is 153 Å². The second-order valence-corrected chi connectivity index (χ2v) is 5.74. The number of nitrogens with zero attached hydrogens (tertiary/aromatic N) is 2. The summed E-state index contributed by atoms with van der Waals surface area (Å²) < 4.78 is 0. The van der Waals surface area contributed by atoms with Crippen LogP contribution in [0.15, 0.2) is 72.8 Å². The van der Waals surface area contributed by atoms with Crippen LogP contribution in [-0.2, 0) is 0 Å². The average Bonchev–Trinajstić information content (AvgIpc) is 2.72. The van der Waals surface area contributed by atoms with Gasteiger partial charge in [-0.05, 0) is 34.4 Å². The average molecular weight is 332 g/mol. The van der Waals surface area contributed by atoms with Crippen molar-refractivity contribution in [3.05, 3.63) is 106 Å². The lowest BCUT2D eigenvalue weighted by Gasteiger charge is -2.06. The molecule has 3 aromatic carbocycles. The van der Waals surface area contributed by atoms with Gasteiger partial charge in [-0.1, -0.05) is 85.0 Å².